The summed E-state index contributed by atoms with van der Waals surface area (Å²) in [5.74, 6) is -0.0835. The van der Waals surface area contributed by atoms with Gasteiger partial charge in [-0.15, -0.1) is 0 Å². The molecule has 1 saturated heterocycles. The van der Waals surface area contributed by atoms with E-state index in [4.69, 9.17) is 0 Å². The molecule has 2 aliphatic heterocycles. The summed E-state index contributed by atoms with van der Waals surface area (Å²) in [6, 6.07) is 9.71. The lowest BCUT2D eigenvalue weighted by molar-refractivity contribution is -0.136. The number of piperidine rings is 1. The highest BCUT2D eigenvalue weighted by Crippen LogP contribution is 2.38. The minimum Gasteiger partial charge on any atom is -0.465 e. The Balaban J connectivity index is 1.98. The van der Waals surface area contributed by atoms with Gasteiger partial charge in [-0.1, -0.05) is 30.3 Å². The smallest absolute Gasteiger partial charge is 0.407 e. The van der Waals surface area contributed by atoms with Gasteiger partial charge in [-0.3, -0.25) is 4.79 Å². The minimum atomic E-state index is -0.978. The predicted octanol–water partition coefficient (Wildman–Crippen LogP) is 1.82. The number of benzene rings is 1. The lowest BCUT2D eigenvalue weighted by Crippen LogP contribution is -2.55. The third-order valence-electron chi connectivity index (χ3n) is 4.44. The molecule has 0 radical (unpaired) electrons. The van der Waals surface area contributed by atoms with Crippen molar-refractivity contribution >= 4 is 17.7 Å². The molecule has 0 spiro atoms. The zero-order valence-corrected chi connectivity index (χ0v) is 12.5. The molecule has 1 fully saturated rings. The lowest BCUT2D eigenvalue weighted by Gasteiger charge is -2.38. The SMILES string of the molecule is CCN1N=C2CCN(C(=O)O)CC2(Cc2ccccc2)C1=O. The highest BCUT2D eigenvalue weighted by atomic mass is 16.4. The number of hydrazone groups is 1. The van der Waals surface area contributed by atoms with Crippen LogP contribution in [0.5, 0.6) is 0 Å². The van der Waals surface area contributed by atoms with Crippen LogP contribution in [0.1, 0.15) is 18.9 Å². The Morgan fingerprint density at radius 1 is 1.36 bits per heavy atom. The maximum atomic E-state index is 12.9. The molecule has 2 amide bonds. The van der Waals surface area contributed by atoms with Gasteiger partial charge < -0.3 is 10.0 Å². The van der Waals surface area contributed by atoms with Gasteiger partial charge in [0.25, 0.3) is 5.91 Å². The van der Waals surface area contributed by atoms with Crippen molar-refractivity contribution in [1.82, 2.24) is 9.91 Å². The van der Waals surface area contributed by atoms with Crippen LogP contribution in [0.3, 0.4) is 0 Å². The summed E-state index contributed by atoms with van der Waals surface area (Å²) < 4.78 is 0. The molecule has 3 rings (SSSR count). The summed E-state index contributed by atoms with van der Waals surface area (Å²) in [6.07, 6.45) is 0.0295. The van der Waals surface area contributed by atoms with Crippen molar-refractivity contribution in [3.63, 3.8) is 0 Å². The second kappa shape index (κ2) is 5.44. The maximum Gasteiger partial charge on any atom is 0.407 e. The number of likely N-dealkylation sites (tertiary alicyclic amines) is 1. The molecule has 1 unspecified atom stereocenters. The third-order valence-corrected chi connectivity index (χ3v) is 4.44. The summed E-state index contributed by atoms with van der Waals surface area (Å²) >= 11 is 0. The zero-order chi connectivity index (χ0) is 15.7. The first-order valence-electron chi connectivity index (χ1n) is 7.48. The van der Waals surface area contributed by atoms with Crippen molar-refractivity contribution in [2.45, 2.75) is 19.8 Å². The molecule has 0 saturated carbocycles. The van der Waals surface area contributed by atoms with Crippen LogP contribution in [0.15, 0.2) is 35.4 Å². The van der Waals surface area contributed by atoms with Gasteiger partial charge in [0.15, 0.2) is 0 Å². The number of fused-ring (bicyclic) bond motifs is 1. The molecule has 0 aromatic heterocycles. The summed E-state index contributed by atoms with van der Waals surface area (Å²) in [7, 11) is 0. The monoisotopic (exact) mass is 301 g/mol. The quantitative estimate of drug-likeness (QED) is 0.925. The molecule has 0 aliphatic carbocycles. The van der Waals surface area contributed by atoms with Crippen LogP contribution >= 0.6 is 0 Å². The van der Waals surface area contributed by atoms with E-state index >= 15 is 0 Å². The van der Waals surface area contributed by atoms with E-state index < -0.39 is 11.5 Å². The highest BCUT2D eigenvalue weighted by molar-refractivity contribution is 6.13. The van der Waals surface area contributed by atoms with Crippen LogP contribution in [0.4, 0.5) is 4.79 Å². The summed E-state index contributed by atoms with van der Waals surface area (Å²) in [4.78, 5) is 25.5. The molecule has 116 valence electrons. The second-order valence-corrected chi connectivity index (χ2v) is 5.77. The Morgan fingerprint density at radius 3 is 2.73 bits per heavy atom. The number of rotatable bonds is 3. The van der Waals surface area contributed by atoms with Crippen molar-refractivity contribution < 1.29 is 14.7 Å². The fraction of sp³-hybridized carbons (Fsp3) is 0.438. The first-order chi connectivity index (χ1) is 10.6. The Hall–Kier alpha value is -2.37. The van der Waals surface area contributed by atoms with E-state index in [2.05, 4.69) is 5.10 Å². The van der Waals surface area contributed by atoms with Gasteiger partial charge in [-0.25, -0.2) is 9.80 Å². The standard InChI is InChI=1S/C16H19N3O3/c1-2-19-14(20)16(10-12-6-4-3-5-7-12)11-18(15(21)22)9-8-13(16)17-19/h3-7H,2,8-11H2,1H3,(H,21,22). The molecule has 6 nitrogen and oxygen atoms in total. The molecule has 2 aliphatic rings. The maximum absolute atomic E-state index is 12.9. The average Bonchev–Trinajstić information content (AvgIpc) is 2.80. The van der Waals surface area contributed by atoms with Gasteiger partial charge in [0, 0.05) is 26.1 Å². The summed E-state index contributed by atoms with van der Waals surface area (Å²) in [6.45, 7) is 2.97. The van der Waals surface area contributed by atoms with Crippen molar-refractivity contribution in [2.24, 2.45) is 10.5 Å². The Bertz CT molecular complexity index is 629. The van der Waals surface area contributed by atoms with Gasteiger partial charge in [-0.05, 0) is 18.9 Å². The Morgan fingerprint density at radius 2 is 2.09 bits per heavy atom. The van der Waals surface area contributed by atoms with E-state index in [9.17, 15) is 14.7 Å². The van der Waals surface area contributed by atoms with Crippen LogP contribution in [0.2, 0.25) is 0 Å². The molecule has 1 aromatic rings. The van der Waals surface area contributed by atoms with E-state index in [0.717, 1.165) is 11.3 Å². The van der Waals surface area contributed by atoms with Crippen LogP contribution in [0, 0.1) is 5.41 Å². The first kappa shape index (κ1) is 14.6. The van der Waals surface area contributed by atoms with Gasteiger partial charge in [0.1, 0.15) is 5.41 Å². The highest BCUT2D eigenvalue weighted by Gasteiger charge is 2.53. The van der Waals surface area contributed by atoms with Gasteiger partial charge in [0.05, 0.1) is 5.71 Å². The Labute approximate surface area is 129 Å². The molecular weight excluding hydrogens is 282 g/mol. The van der Waals surface area contributed by atoms with E-state index in [1.54, 1.807) is 0 Å². The molecule has 2 heterocycles. The second-order valence-electron chi connectivity index (χ2n) is 5.77. The van der Waals surface area contributed by atoms with Gasteiger partial charge in [0.2, 0.25) is 0 Å². The number of carboxylic acid groups (broad SMARTS) is 1. The molecule has 22 heavy (non-hydrogen) atoms. The van der Waals surface area contributed by atoms with Crippen LogP contribution < -0.4 is 0 Å². The van der Waals surface area contributed by atoms with Crippen molar-refractivity contribution in [3.05, 3.63) is 35.9 Å². The molecular formula is C16H19N3O3. The van der Waals surface area contributed by atoms with E-state index in [1.165, 1.54) is 9.91 Å². The molecule has 1 atom stereocenters. The van der Waals surface area contributed by atoms with E-state index in [-0.39, 0.29) is 12.5 Å². The number of carbonyl (C=O) groups is 2. The fourth-order valence-electron chi connectivity index (χ4n) is 3.31. The molecule has 1 N–H and O–H groups in total. The van der Waals surface area contributed by atoms with Gasteiger partial charge in [-0.2, -0.15) is 5.10 Å². The van der Waals surface area contributed by atoms with Crippen LogP contribution in [-0.4, -0.2) is 52.4 Å². The lowest BCUT2D eigenvalue weighted by atomic mass is 9.73. The van der Waals surface area contributed by atoms with Crippen LogP contribution in [0.25, 0.3) is 0 Å². The van der Waals surface area contributed by atoms with Crippen molar-refractivity contribution in [2.75, 3.05) is 19.6 Å². The molecule has 0 bridgehead atoms. The zero-order valence-electron chi connectivity index (χ0n) is 12.5. The topological polar surface area (TPSA) is 73.2 Å². The normalized spacial score (nSPS) is 24.2. The van der Waals surface area contributed by atoms with Crippen LogP contribution in [-0.2, 0) is 11.2 Å². The number of nitrogens with zero attached hydrogens (tertiary/aromatic N) is 3. The third kappa shape index (κ3) is 2.24. The van der Waals surface area contributed by atoms with Crippen molar-refractivity contribution in [3.8, 4) is 0 Å². The van der Waals surface area contributed by atoms with Crippen molar-refractivity contribution in [1.29, 1.82) is 0 Å². The predicted molar refractivity (Wildman–Crippen MR) is 81.6 cm³/mol. The van der Waals surface area contributed by atoms with E-state index in [1.807, 2.05) is 37.3 Å². The number of amides is 2. The molecule has 1 aromatic carbocycles. The summed E-state index contributed by atoms with van der Waals surface area (Å²) in [5, 5.41) is 15.2. The average molecular weight is 301 g/mol. The number of carbonyl (C=O) groups excluding carboxylic acids is 1. The number of hydrogen-bond donors (Lipinski definition) is 1. The largest absolute Gasteiger partial charge is 0.465 e. The number of hydrogen-bond acceptors (Lipinski definition) is 3. The molecule has 6 heteroatoms. The first-order valence-corrected chi connectivity index (χ1v) is 7.48. The Kier molecular flexibility index (Phi) is 3.60. The van der Waals surface area contributed by atoms with Gasteiger partial charge >= 0.3 is 6.09 Å². The van der Waals surface area contributed by atoms with E-state index in [0.29, 0.717) is 25.9 Å². The fourth-order valence-corrected chi connectivity index (χ4v) is 3.31. The minimum absolute atomic E-state index is 0.0835. The summed E-state index contributed by atoms with van der Waals surface area (Å²) in [5.41, 5.74) is 1.00.